The molecule has 0 aliphatic rings. The van der Waals surface area contributed by atoms with E-state index in [1.54, 1.807) is 6.11 Å². The van der Waals surface area contributed by atoms with Gasteiger partial charge in [0.2, 0.25) is 0 Å². The Morgan fingerprint density at radius 3 is 1.16 bits per heavy atom. The first-order valence-electron chi connectivity index (χ1n) is 8.65. The first kappa shape index (κ1) is 32.1. The van der Waals surface area contributed by atoms with Crippen molar-refractivity contribution >= 4 is 35.8 Å². The smallest absolute Gasteiger partial charge is 0.316 e. The minimum Gasteiger partial charge on any atom is -0.462 e. The lowest BCUT2D eigenvalue weighted by molar-refractivity contribution is -0.163. The van der Waals surface area contributed by atoms with Crippen LogP contribution in [0.3, 0.4) is 0 Å². The average Bonchev–Trinajstić information content (AvgIpc) is 2.61. The van der Waals surface area contributed by atoms with Gasteiger partial charge < -0.3 is 28.4 Å². The Balaban J connectivity index is -0.000000421. The van der Waals surface area contributed by atoms with Gasteiger partial charge in [-0.25, -0.2) is 0 Å². The number of esters is 6. The standard InChI is InChI=1S/C9H14O6.C6H10O4.C4H4O2/c1-6(10)13-4-9(15-8(3)12)5-14-7(2)11;1-5(7)9-3-4-10-6(2)8;1-3-6-4(2)5/h9H,4-5H2,1-3H3;3-4H2,1-2H3;1H,2H3. The van der Waals surface area contributed by atoms with E-state index in [2.05, 4.69) is 30.1 Å². The molecule has 0 saturated heterocycles. The fourth-order valence-corrected chi connectivity index (χ4v) is 1.23. The monoisotopic (exact) mass is 448 g/mol. The molecule has 0 saturated carbocycles. The molecule has 0 bridgehead atoms. The summed E-state index contributed by atoms with van der Waals surface area (Å²) in [5.74, 6) is -2.69. The fraction of sp³-hybridized carbons (Fsp3) is 0.579. The van der Waals surface area contributed by atoms with Crippen molar-refractivity contribution in [2.24, 2.45) is 0 Å². The molecule has 0 amide bonds. The molecule has 0 spiro atoms. The van der Waals surface area contributed by atoms with Crippen LogP contribution in [0.5, 0.6) is 0 Å². The normalized spacial score (nSPS) is 8.58. The third kappa shape index (κ3) is 37.8. The summed E-state index contributed by atoms with van der Waals surface area (Å²) in [5.41, 5.74) is 0. The summed E-state index contributed by atoms with van der Waals surface area (Å²) >= 11 is 0. The number of terminal acetylenes is 1. The van der Waals surface area contributed by atoms with Crippen LogP contribution in [-0.4, -0.2) is 68.3 Å². The lowest BCUT2D eigenvalue weighted by Crippen LogP contribution is -2.29. The van der Waals surface area contributed by atoms with Crippen LogP contribution in [0, 0.1) is 12.5 Å². The second kappa shape index (κ2) is 21.1. The zero-order valence-electron chi connectivity index (χ0n) is 18.4. The van der Waals surface area contributed by atoms with Gasteiger partial charge in [-0.1, -0.05) is 6.42 Å². The van der Waals surface area contributed by atoms with E-state index in [4.69, 9.17) is 4.74 Å². The van der Waals surface area contributed by atoms with Crippen LogP contribution in [0.25, 0.3) is 0 Å². The molecule has 0 aliphatic heterocycles. The van der Waals surface area contributed by atoms with Crippen LogP contribution in [0.4, 0.5) is 0 Å². The first-order valence-corrected chi connectivity index (χ1v) is 8.65. The van der Waals surface area contributed by atoms with Gasteiger partial charge in [0.1, 0.15) is 32.5 Å². The summed E-state index contributed by atoms with van der Waals surface area (Å²) in [6.45, 7) is 7.55. The fourth-order valence-electron chi connectivity index (χ4n) is 1.23. The minimum atomic E-state index is -0.754. The number of carbonyl (C=O) groups is 6. The van der Waals surface area contributed by atoms with E-state index in [0.717, 1.165) is 0 Å². The summed E-state index contributed by atoms with van der Waals surface area (Å²) in [5, 5.41) is 0. The molecule has 0 heterocycles. The lowest BCUT2D eigenvalue weighted by Gasteiger charge is -2.15. The molecule has 31 heavy (non-hydrogen) atoms. The van der Waals surface area contributed by atoms with Gasteiger partial charge in [-0.15, -0.1) is 0 Å². The Morgan fingerprint density at radius 1 is 0.613 bits per heavy atom. The van der Waals surface area contributed by atoms with E-state index < -0.39 is 30.0 Å². The Bertz CT molecular complexity index is 598. The molecule has 0 unspecified atom stereocenters. The van der Waals surface area contributed by atoms with Crippen molar-refractivity contribution in [3.05, 3.63) is 0 Å². The van der Waals surface area contributed by atoms with Crippen molar-refractivity contribution in [2.75, 3.05) is 26.4 Å². The Labute approximate surface area is 180 Å². The van der Waals surface area contributed by atoms with Gasteiger partial charge >= 0.3 is 35.8 Å². The molecular weight excluding hydrogens is 420 g/mol. The van der Waals surface area contributed by atoms with E-state index in [1.807, 2.05) is 0 Å². The average molecular weight is 448 g/mol. The van der Waals surface area contributed by atoms with E-state index in [9.17, 15) is 28.8 Å². The van der Waals surface area contributed by atoms with E-state index >= 15 is 0 Å². The quantitative estimate of drug-likeness (QED) is 0.217. The summed E-state index contributed by atoms with van der Waals surface area (Å²) in [4.78, 5) is 61.6. The van der Waals surface area contributed by atoms with Crippen LogP contribution in [0.1, 0.15) is 41.5 Å². The summed E-state index contributed by atoms with van der Waals surface area (Å²) in [6.07, 6.45) is 5.50. The predicted molar refractivity (Wildman–Crippen MR) is 103 cm³/mol. The molecule has 0 N–H and O–H groups in total. The first-order chi connectivity index (χ1) is 14.3. The van der Waals surface area contributed by atoms with Gasteiger partial charge in [-0.2, -0.15) is 0 Å². The number of carbonyl (C=O) groups excluding carboxylic acids is 6. The number of rotatable bonds is 8. The Morgan fingerprint density at radius 2 is 0.968 bits per heavy atom. The van der Waals surface area contributed by atoms with Gasteiger partial charge in [0.05, 0.1) is 0 Å². The number of hydrogen-bond acceptors (Lipinski definition) is 12. The predicted octanol–water partition coefficient (Wildman–Crippen LogP) is 0.297. The molecule has 0 aliphatic carbocycles. The van der Waals surface area contributed by atoms with Gasteiger partial charge in [0.15, 0.2) is 6.10 Å². The maximum absolute atomic E-state index is 10.6. The zero-order valence-corrected chi connectivity index (χ0v) is 18.4. The molecule has 0 radical (unpaired) electrons. The van der Waals surface area contributed by atoms with Crippen LogP contribution in [0.15, 0.2) is 0 Å². The van der Waals surface area contributed by atoms with Crippen molar-refractivity contribution < 1.29 is 57.2 Å². The van der Waals surface area contributed by atoms with E-state index in [-0.39, 0.29) is 38.4 Å². The highest BCUT2D eigenvalue weighted by atomic mass is 16.6. The van der Waals surface area contributed by atoms with Crippen LogP contribution in [-0.2, 0) is 57.2 Å². The van der Waals surface area contributed by atoms with Crippen molar-refractivity contribution in [1.82, 2.24) is 0 Å². The minimum absolute atomic E-state index is 0.123. The Kier molecular flexibility index (Phi) is 21.8. The third-order valence-corrected chi connectivity index (χ3v) is 2.17. The molecular formula is C19H28O12. The molecule has 0 aromatic rings. The van der Waals surface area contributed by atoms with Gasteiger partial charge in [0, 0.05) is 41.5 Å². The van der Waals surface area contributed by atoms with Crippen LogP contribution >= 0.6 is 0 Å². The van der Waals surface area contributed by atoms with Crippen LogP contribution < -0.4 is 0 Å². The summed E-state index contributed by atoms with van der Waals surface area (Å²) < 4.78 is 26.9. The molecule has 0 aromatic heterocycles. The van der Waals surface area contributed by atoms with Gasteiger partial charge in [-0.05, 0) is 0 Å². The second-order valence-electron chi connectivity index (χ2n) is 5.23. The van der Waals surface area contributed by atoms with Crippen molar-refractivity contribution in [2.45, 2.75) is 47.6 Å². The van der Waals surface area contributed by atoms with Crippen molar-refractivity contribution in [3.63, 3.8) is 0 Å². The zero-order chi connectivity index (χ0) is 24.8. The summed E-state index contributed by atoms with van der Waals surface area (Å²) in [7, 11) is 0. The largest absolute Gasteiger partial charge is 0.462 e. The Hall–Kier alpha value is -3.62. The second-order valence-corrected chi connectivity index (χ2v) is 5.23. The topological polar surface area (TPSA) is 158 Å². The molecule has 0 rings (SSSR count). The molecule has 0 atom stereocenters. The molecule has 12 heteroatoms. The maximum atomic E-state index is 10.6. The van der Waals surface area contributed by atoms with Gasteiger partial charge in [0.25, 0.3) is 0 Å². The van der Waals surface area contributed by atoms with E-state index in [1.165, 1.54) is 41.5 Å². The third-order valence-electron chi connectivity index (χ3n) is 2.17. The maximum Gasteiger partial charge on any atom is 0.316 e. The molecule has 176 valence electrons. The highest BCUT2D eigenvalue weighted by molar-refractivity contribution is 5.68. The van der Waals surface area contributed by atoms with Crippen molar-refractivity contribution in [3.8, 4) is 12.5 Å². The molecule has 0 aromatic carbocycles. The molecule has 12 nitrogen and oxygen atoms in total. The van der Waals surface area contributed by atoms with Crippen molar-refractivity contribution in [1.29, 1.82) is 0 Å². The summed E-state index contributed by atoms with van der Waals surface area (Å²) in [6, 6.07) is 0. The highest BCUT2D eigenvalue weighted by Gasteiger charge is 2.15. The van der Waals surface area contributed by atoms with Gasteiger partial charge in [-0.3, -0.25) is 28.8 Å². The number of hydrogen-bond donors (Lipinski definition) is 0. The van der Waals surface area contributed by atoms with E-state index in [0.29, 0.717) is 0 Å². The SMILES string of the molecule is C#COC(C)=O.CC(=O)OCC(COC(C)=O)OC(C)=O.CC(=O)OCCOC(C)=O. The molecule has 0 fully saturated rings. The highest BCUT2D eigenvalue weighted by Crippen LogP contribution is 1.97. The number of ether oxygens (including phenoxy) is 6. The van der Waals surface area contributed by atoms with Crippen LogP contribution in [0.2, 0.25) is 0 Å². The lowest BCUT2D eigenvalue weighted by atomic mass is 10.4.